The minimum absolute atomic E-state index is 0.0445. The summed E-state index contributed by atoms with van der Waals surface area (Å²) in [6.45, 7) is 2.59. The lowest BCUT2D eigenvalue weighted by Gasteiger charge is -2.18. The summed E-state index contributed by atoms with van der Waals surface area (Å²) >= 11 is 0. The van der Waals surface area contributed by atoms with Crippen LogP contribution < -0.4 is 14.8 Å². The Balaban J connectivity index is 1.51. The second kappa shape index (κ2) is 12.0. The third-order valence-electron chi connectivity index (χ3n) is 4.79. The highest BCUT2D eigenvalue weighted by Gasteiger charge is 2.13. The number of likely N-dealkylation sites (N-methyl/N-ethyl adjacent to an activating group) is 1. The normalized spacial score (nSPS) is 10.6. The second-order valence-electron chi connectivity index (χ2n) is 7.14. The molecule has 0 spiro atoms. The fourth-order valence-corrected chi connectivity index (χ4v) is 3.01. The zero-order valence-electron chi connectivity index (χ0n) is 18.7. The lowest BCUT2D eigenvalue weighted by Crippen LogP contribution is -2.36. The summed E-state index contributed by atoms with van der Waals surface area (Å²) in [6, 6.07) is 20.2. The van der Waals surface area contributed by atoms with Crippen molar-refractivity contribution < 1.29 is 19.1 Å². The zero-order chi connectivity index (χ0) is 23.5. The Morgan fingerprint density at radius 1 is 1.03 bits per heavy atom. The Morgan fingerprint density at radius 2 is 1.85 bits per heavy atom. The van der Waals surface area contributed by atoms with Crippen molar-refractivity contribution in [3.63, 3.8) is 0 Å². The molecule has 33 heavy (non-hydrogen) atoms. The number of anilines is 1. The van der Waals surface area contributed by atoms with Gasteiger partial charge in [0.2, 0.25) is 11.8 Å². The smallest absolute Gasteiger partial charge is 0.247 e. The van der Waals surface area contributed by atoms with Crippen LogP contribution in [-0.4, -0.2) is 41.9 Å². The zero-order valence-corrected chi connectivity index (χ0v) is 18.7. The SMILES string of the molecule is CCN(CC(=O)Nc1cccc(OC)c1)C(=O)/C=C/c1ccc(OCc2ccccn2)cc1. The van der Waals surface area contributed by atoms with Gasteiger partial charge in [0.05, 0.1) is 12.8 Å². The van der Waals surface area contributed by atoms with Crippen molar-refractivity contribution in [2.75, 3.05) is 25.5 Å². The highest BCUT2D eigenvalue weighted by molar-refractivity contribution is 5.98. The standard InChI is InChI=1S/C26H27N3O4/c1-3-29(18-25(30)28-21-8-6-9-24(17-21)32-2)26(31)15-12-20-10-13-23(14-11-20)33-19-22-7-4-5-16-27-22/h4-17H,3,18-19H2,1-2H3,(H,28,30)/b15-12+. The van der Waals surface area contributed by atoms with Crippen LogP contribution in [0.25, 0.3) is 6.08 Å². The van der Waals surface area contributed by atoms with Gasteiger partial charge < -0.3 is 19.7 Å². The van der Waals surface area contributed by atoms with Crippen LogP contribution in [-0.2, 0) is 16.2 Å². The lowest BCUT2D eigenvalue weighted by molar-refractivity contribution is -0.130. The number of benzene rings is 2. The molecule has 3 aromatic rings. The summed E-state index contributed by atoms with van der Waals surface area (Å²) in [5.74, 6) is 0.843. The summed E-state index contributed by atoms with van der Waals surface area (Å²) in [7, 11) is 1.56. The minimum atomic E-state index is -0.277. The van der Waals surface area contributed by atoms with E-state index in [2.05, 4.69) is 10.3 Å². The topological polar surface area (TPSA) is 80.8 Å². The van der Waals surface area contributed by atoms with Crippen molar-refractivity contribution in [3.05, 3.63) is 90.3 Å². The Morgan fingerprint density at radius 3 is 2.55 bits per heavy atom. The molecule has 0 unspecified atom stereocenters. The third kappa shape index (κ3) is 7.50. The van der Waals surface area contributed by atoms with Crippen molar-refractivity contribution in [2.45, 2.75) is 13.5 Å². The average Bonchev–Trinajstić information content (AvgIpc) is 2.86. The molecule has 0 atom stereocenters. The van der Waals surface area contributed by atoms with Gasteiger partial charge in [-0.2, -0.15) is 0 Å². The molecule has 170 valence electrons. The Labute approximate surface area is 193 Å². The van der Waals surface area contributed by atoms with Gasteiger partial charge in [-0.1, -0.05) is 24.3 Å². The molecule has 2 amide bonds. The van der Waals surface area contributed by atoms with E-state index in [1.807, 2.05) is 49.4 Å². The third-order valence-corrected chi connectivity index (χ3v) is 4.79. The first-order valence-electron chi connectivity index (χ1n) is 10.6. The molecule has 0 saturated carbocycles. The van der Waals surface area contributed by atoms with E-state index in [-0.39, 0.29) is 18.4 Å². The Hall–Kier alpha value is -4.13. The highest BCUT2D eigenvalue weighted by Crippen LogP contribution is 2.17. The molecule has 0 radical (unpaired) electrons. The molecule has 0 aliphatic carbocycles. The van der Waals surface area contributed by atoms with E-state index in [9.17, 15) is 9.59 Å². The van der Waals surface area contributed by atoms with Crippen LogP contribution in [0.1, 0.15) is 18.2 Å². The molecule has 7 heteroatoms. The van der Waals surface area contributed by atoms with Crippen molar-refractivity contribution in [1.29, 1.82) is 0 Å². The lowest BCUT2D eigenvalue weighted by atomic mass is 10.2. The second-order valence-corrected chi connectivity index (χ2v) is 7.14. The first-order valence-corrected chi connectivity index (χ1v) is 10.6. The van der Waals surface area contributed by atoms with Crippen molar-refractivity contribution >= 4 is 23.6 Å². The largest absolute Gasteiger partial charge is 0.497 e. The number of carbonyl (C=O) groups excluding carboxylic acids is 2. The first kappa shape index (κ1) is 23.5. The van der Waals surface area contributed by atoms with E-state index in [4.69, 9.17) is 9.47 Å². The quantitative estimate of drug-likeness (QED) is 0.474. The van der Waals surface area contributed by atoms with Crippen LogP contribution in [0.2, 0.25) is 0 Å². The molecule has 0 saturated heterocycles. The number of amides is 2. The molecular formula is C26H27N3O4. The first-order chi connectivity index (χ1) is 16.1. The maximum absolute atomic E-state index is 12.6. The fourth-order valence-electron chi connectivity index (χ4n) is 3.01. The number of hydrogen-bond acceptors (Lipinski definition) is 5. The molecular weight excluding hydrogens is 418 g/mol. The van der Waals surface area contributed by atoms with Gasteiger partial charge in [-0.05, 0) is 55.0 Å². The maximum atomic E-state index is 12.6. The van der Waals surface area contributed by atoms with Gasteiger partial charge in [0, 0.05) is 30.6 Å². The van der Waals surface area contributed by atoms with Gasteiger partial charge in [-0.25, -0.2) is 0 Å². The molecule has 7 nitrogen and oxygen atoms in total. The monoisotopic (exact) mass is 445 g/mol. The van der Waals surface area contributed by atoms with Crippen molar-refractivity contribution in [2.24, 2.45) is 0 Å². The number of rotatable bonds is 10. The molecule has 0 aliphatic rings. The van der Waals surface area contributed by atoms with Gasteiger partial charge in [0.25, 0.3) is 0 Å². The van der Waals surface area contributed by atoms with E-state index >= 15 is 0 Å². The van der Waals surface area contributed by atoms with Crippen LogP contribution in [0, 0.1) is 0 Å². The number of aromatic nitrogens is 1. The summed E-state index contributed by atoms with van der Waals surface area (Å²) in [5, 5.41) is 2.78. The molecule has 3 rings (SSSR count). The minimum Gasteiger partial charge on any atom is -0.497 e. The number of carbonyl (C=O) groups is 2. The Bertz CT molecular complexity index is 1080. The van der Waals surface area contributed by atoms with E-state index in [1.165, 1.54) is 11.0 Å². The predicted molar refractivity (Wildman–Crippen MR) is 128 cm³/mol. The number of methoxy groups -OCH3 is 1. The van der Waals surface area contributed by atoms with Gasteiger partial charge in [0.1, 0.15) is 24.7 Å². The summed E-state index contributed by atoms with van der Waals surface area (Å²) in [5.41, 5.74) is 2.32. The van der Waals surface area contributed by atoms with Crippen LogP contribution in [0.15, 0.2) is 79.0 Å². The molecule has 0 fully saturated rings. The van der Waals surface area contributed by atoms with Gasteiger partial charge in [-0.15, -0.1) is 0 Å². The molecule has 0 aliphatic heterocycles. The van der Waals surface area contributed by atoms with Gasteiger partial charge in [0.15, 0.2) is 0 Å². The maximum Gasteiger partial charge on any atom is 0.247 e. The number of hydrogen-bond donors (Lipinski definition) is 1. The highest BCUT2D eigenvalue weighted by atomic mass is 16.5. The fraction of sp³-hybridized carbons (Fsp3) is 0.192. The summed E-state index contributed by atoms with van der Waals surface area (Å²) < 4.78 is 10.9. The summed E-state index contributed by atoms with van der Waals surface area (Å²) in [6.07, 6.45) is 4.91. The molecule has 1 heterocycles. The number of nitrogens with zero attached hydrogens (tertiary/aromatic N) is 2. The van der Waals surface area contributed by atoms with Crippen LogP contribution in [0.4, 0.5) is 5.69 Å². The van der Waals surface area contributed by atoms with Crippen molar-refractivity contribution in [1.82, 2.24) is 9.88 Å². The van der Waals surface area contributed by atoms with E-state index < -0.39 is 0 Å². The number of pyridine rings is 1. The molecule has 0 bridgehead atoms. The average molecular weight is 446 g/mol. The molecule has 1 N–H and O–H groups in total. The van der Waals surface area contributed by atoms with E-state index in [1.54, 1.807) is 43.6 Å². The predicted octanol–water partition coefficient (Wildman–Crippen LogP) is 4.17. The van der Waals surface area contributed by atoms with Crippen molar-refractivity contribution in [3.8, 4) is 11.5 Å². The van der Waals surface area contributed by atoms with Crippen LogP contribution in [0.5, 0.6) is 11.5 Å². The summed E-state index contributed by atoms with van der Waals surface area (Å²) in [4.78, 5) is 30.6. The van der Waals surface area contributed by atoms with Gasteiger partial charge in [-0.3, -0.25) is 14.6 Å². The van der Waals surface area contributed by atoms with Crippen LogP contribution in [0.3, 0.4) is 0 Å². The molecule has 1 aromatic heterocycles. The van der Waals surface area contributed by atoms with E-state index in [0.717, 1.165) is 11.3 Å². The molecule has 2 aromatic carbocycles. The van der Waals surface area contributed by atoms with E-state index in [0.29, 0.717) is 30.3 Å². The van der Waals surface area contributed by atoms with Gasteiger partial charge >= 0.3 is 0 Å². The number of ether oxygens (including phenoxy) is 2. The van der Waals surface area contributed by atoms with Crippen LogP contribution >= 0.6 is 0 Å². The number of nitrogens with one attached hydrogen (secondary N) is 1. The Kier molecular flexibility index (Phi) is 8.59.